The molecule has 138 valence electrons. The number of methoxy groups -OCH3 is 1. The first-order chi connectivity index (χ1) is 13.7. The van der Waals surface area contributed by atoms with Crippen molar-refractivity contribution >= 4 is 16.7 Å². The molecule has 0 aliphatic rings. The quantitative estimate of drug-likeness (QED) is 0.484. The zero-order valence-corrected chi connectivity index (χ0v) is 15.8. The summed E-state index contributed by atoms with van der Waals surface area (Å²) < 4.78 is 9.26. The molecule has 5 rings (SSSR count). The Morgan fingerprint density at radius 3 is 2.61 bits per heavy atom. The number of aromatic nitrogens is 6. The SMILES string of the molecule is COc1cccc(-n2c(C)c(C)c3c2ncn2nc(-c4ccncc4)nc32)c1. The van der Waals surface area contributed by atoms with E-state index in [4.69, 9.17) is 14.7 Å². The summed E-state index contributed by atoms with van der Waals surface area (Å²) in [7, 11) is 1.67. The minimum absolute atomic E-state index is 0.655. The van der Waals surface area contributed by atoms with Crippen LogP contribution in [0.15, 0.2) is 55.1 Å². The highest BCUT2D eigenvalue weighted by Crippen LogP contribution is 2.31. The van der Waals surface area contributed by atoms with Crippen molar-refractivity contribution in [3.05, 3.63) is 66.4 Å². The van der Waals surface area contributed by atoms with Gasteiger partial charge in [-0.25, -0.2) is 14.5 Å². The van der Waals surface area contributed by atoms with Gasteiger partial charge in [-0.05, 0) is 43.7 Å². The normalized spacial score (nSPS) is 11.4. The van der Waals surface area contributed by atoms with E-state index < -0.39 is 0 Å². The van der Waals surface area contributed by atoms with Crippen LogP contribution in [-0.4, -0.2) is 36.2 Å². The van der Waals surface area contributed by atoms with Crippen molar-refractivity contribution in [3.8, 4) is 22.8 Å². The third-order valence-corrected chi connectivity index (χ3v) is 5.08. The van der Waals surface area contributed by atoms with Gasteiger partial charge in [-0.2, -0.15) is 0 Å². The maximum Gasteiger partial charge on any atom is 0.182 e. The van der Waals surface area contributed by atoms with Crippen molar-refractivity contribution in [2.24, 2.45) is 0 Å². The topological polar surface area (TPSA) is 70.1 Å². The molecule has 7 heteroatoms. The summed E-state index contributed by atoms with van der Waals surface area (Å²) in [5.74, 6) is 1.46. The molecule has 0 bridgehead atoms. The average Bonchev–Trinajstić information content (AvgIpc) is 3.28. The summed E-state index contributed by atoms with van der Waals surface area (Å²) in [6.07, 6.45) is 5.19. The molecule has 0 spiro atoms. The number of hydrogen-bond acceptors (Lipinski definition) is 5. The lowest BCUT2D eigenvalue weighted by molar-refractivity contribution is 0.414. The molecule has 0 unspecified atom stereocenters. The molecule has 4 aromatic heterocycles. The second-order valence-corrected chi connectivity index (χ2v) is 6.63. The van der Waals surface area contributed by atoms with Gasteiger partial charge in [-0.15, -0.1) is 5.10 Å². The number of ether oxygens (including phenoxy) is 1. The molecule has 0 aliphatic heterocycles. The highest BCUT2D eigenvalue weighted by atomic mass is 16.5. The lowest BCUT2D eigenvalue weighted by Gasteiger charge is -2.09. The molecule has 0 fully saturated rings. The first-order valence-electron chi connectivity index (χ1n) is 8.95. The molecule has 0 N–H and O–H groups in total. The van der Waals surface area contributed by atoms with E-state index in [-0.39, 0.29) is 0 Å². The molecule has 0 radical (unpaired) electrons. The van der Waals surface area contributed by atoms with Crippen molar-refractivity contribution in [1.82, 2.24) is 29.1 Å². The van der Waals surface area contributed by atoms with Gasteiger partial charge in [0, 0.05) is 29.7 Å². The minimum Gasteiger partial charge on any atom is -0.497 e. The number of hydrogen-bond donors (Lipinski definition) is 0. The average molecular weight is 370 g/mol. The molecule has 28 heavy (non-hydrogen) atoms. The van der Waals surface area contributed by atoms with Crippen LogP contribution < -0.4 is 4.74 Å². The number of pyridine rings is 1. The van der Waals surface area contributed by atoms with Gasteiger partial charge in [-0.3, -0.25) is 9.55 Å². The maximum atomic E-state index is 5.39. The van der Waals surface area contributed by atoms with Crippen molar-refractivity contribution in [3.63, 3.8) is 0 Å². The Labute approximate surface area is 161 Å². The highest BCUT2D eigenvalue weighted by molar-refractivity contribution is 5.95. The number of benzene rings is 1. The minimum atomic E-state index is 0.655. The van der Waals surface area contributed by atoms with Gasteiger partial charge in [0.25, 0.3) is 0 Å². The summed E-state index contributed by atoms with van der Waals surface area (Å²) in [6.45, 7) is 4.18. The Kier molecular flexibility index (Phi) is 3.61. The predicted molar refractivity (Wildman–Crippen MR) is 107 cm³/mol. The summed E-state index contributed by atoms with van der Waals surface area (Å²) >= 11 is 0. The Bertz CT molecular complexity index is 1320. The van der Waals surface area contributed by atoms with Crippen LogP contribution in [0.2, 0.25) is 0 Å². The van der Waals surface area contributed by atoms with E-state index in [1.54, 1.807) is 30.3 Å². The largest absolute Gasteiger partial charge is 0.497 e. The fourth-order valence-corrected chi connectivity index (χ4v) is 3.55. The van der Waals surface area contributed by atoms with Crippen molar-refractivity contribution in [1.29, 1.82) is 0 Å². The Balaban J connectivity index is 1.79. The maximum absolute atomic E-state index is 5.39. The van der Waals surface area contributed by atoms with Crippen LogP contribution in [0.25, 0.3) is 33.8 Å². The van der Waals surface area contributed by atoms with Crippen LogP contribution >= 0.6 is 0 Å². The van der Waals surface area contributed by atoms with Crippen molar-refractivity contribution < 1.29 is 4.74 Å². The Morgan fingerprint density at radius 1 is 1.00 bits per heavy atom. The van der Waals surface area contributed by atoms with E-state index in [0.717, 1.165) is 44.9 Å². The van der Waals surface area contributed by atoms with Gasteiger partial charge >= 0.3 is 0 Å². The molecule has 0 aliphatic carbocycles. The van der Waals surface area contributed by atoms with Crippen LogP contribution in [0.1, 0.15) is 11.3 Å². The van der Waals surface area contributed by atoms with E-state index in [1.165, 1.54) is 0 Å². The number of rotatable bonds is 3. The van der Waals surface area contributed by atoms with E-state index in [2.05, 4.69) is 28.5 Å². The van der Waals surface area contributed by atoms with Gasteiger partial charge in [0.1, 0.15) is 12.1 Å². The molecule has 0 amide bonds. The smallest absolute Gasteiger partial charge is 0.182 e. The Morgan fingerprint density at radius 2 is 1.82 bits per heavy atom. The fraction of sp³-hybridized carbons (Fsp3) is 0.143. The predicted octanol–water partition coefficient (Wildman–Crippen LogP) is 3.76. The molecular formula is C21H18N6O. The fourth-order valence-electron chi connectivity index (χ4n) is 3.55. The van der Waals surface area contributed by atoms with E-state index in [1.807, 2.05) is 36.4 Å². The summed E-state index contributed by atoms with van der Waals surface area (Å²) in [5, 5.41) is 5.60. The monoisotopic (exact) mass is 370 g/mol. The number of fused-ring (bicyclic) bond motifs is 3. The third kappa shape index (κ3) is 2.36. The van der Waals surface area contributed by atoms with Crippen LogP contribution in [0, 0.1) is 13.8 Å². The van der Waals surface area contributed by atoms with Crippen molar-refractivity contribution in [2.45, 2.75) is 13.8 Å². The van der Waals surface area contributed by atoms with Crippen LogP contribution in [0.4, 0.5) is 0 Å². The first kappa shape index (κ1) is 16.4. The second-order valence-electron chi connectivity index (χ2n) is 6.63. The van der Waals surface area contributed by atoms with E-state index >= 15 is 0 Å². The summed E-state index contributed by atoms with van der Waals surface area (Å²) in [5.41, 5.74) is 5.81. The van der Waals surface area contributed by atoms with Crippen molar-refractivity contribution in [2.75, 3.05) is 7.11 Å². The number of nitrogens with zero attached hydrogens (tertiary/aromatic N) is 6. The van der Waals surface area contributed by atoms with Crippen LogP contribution in [0.3, 0.4) is 0 Å². The lowest BCUT2D eigenvalue weighted by Crippen LogP contribution is -1.99. The van der Waals surface area contributed by atoms with Gasteiger partial charge in [0.15, 0.2) is 17.1 Å². The first-order valence-corrected chi connectivity index (χ1v) is 8.95. The molecule has 4 heterocycles. The number of aryl methyl sites for hydroxylation is 1. The van der Waals surface area contributed by atoms with Gasteiger partial charge < -0.3 is 4.74 Å². The standard InChI is InChI=1S/C21H18N6O/c1-13-14(2)27(16-5-4-6-17(11-16)28-3)20-18(13)21-24-19(25-26(21)12-23-20)15-7-9-22-10-8-15/h4-12H,1-3H3. The molecular weight excluding hydrogens is 352 g/mol. The second kappa shape index (κ2) is 6.16. The molecule has 0 saturated heterocycles. The lowest BCUT2D eigenvalue weighted by atomic mass is 10.2. The summed E-state index contributed by atoms with van der Waals surface area (Å²) in [4.78, 5) is 13.6. The molecule has 0 saturated carbocycles. The molecule has 7 nitrogen and oxygen atoms in total. The van der Waals surface area contributed by atoms with E-state index in [0.29, 0.717) is 5.82 Å². The van der Waals surface area contributed by atoms with Gasteiger partial charge in [-0.1, -0.05) is 6.07 Å². The van der Waals surface area contributed by atoms with Gasteiger partial charge in [0.05, 0.1) is 18.2 Å². The molecule has 5 aromatic rings. The zero-order valence-electron chi connectivity index (χ0n) is 15.8. The van der Waals surface area contributed by atoms with Crippen LogP contribution in [-0.2, 0) is 0 Å². The molecule has 1 aromatic carbocycles. The Hall–Kier alpha value is -3.74. The zero-order chi connectivity index (χ0) is 19.3. The summed E-state index contributed by atoms with van der Waals surface area (Å²) in [6, 6.07) is 11.8. The van der Waals surface area contributed by atoms with Crippen LogP contribution in [0.5, 0.6) is 5.75 Å². The molecule has 0 atom stereocenters. The third-order valence-electron chi connectivity index (χ3n) is 5.08. The highest BCUT2D eigenvalue weighted by Gasteiger charge is 2.19. The van der Waals surface area contributed by atoms with E-state index in [9.17, 15) is 0 Å². The van der Waals surface area contributed by atoms with Gasteiger partial charge in [0.2, 0.25) is 0 Å².